The van der Waals surface area contributed by atoms with Crippen molar-refractivity contribution in [2.24, 2.45) is 0 Å². The van der Waals surface area contributed by atoms with Gasteiger partial charge in [-0.3, -0.25) is 4.79 Å². The fraction of sp³-hybridized carbons (Fsp3) is 0.0500. The van der Waals surface area contributed by atoms with Gasteiger partial charge in [-0.1, -0.05) is 48.0 Å². The van der Waals surface area contributed by atoms with Crippen molar-refractivity contribution in [1.82, 2.24) is 0 Å². The Morgan fingerprint density at radius 2 is 1.67 bits per heavy atom. The summed E-state index contributed by atoms with van der Waals surface area (Å²) in [6.07, 6.45) is 0. The van der Waals surface area contributed by atoms with Gasteiger partial charge in [0, 0.05) is 16.1 Å². The molecule has 0 spiro atoms. The topological polar surface area (TPSA) is 29.5 Å². The molecule has 1 aliphatic heterocycles. The van der Waals surface area contributed by atoms with Crippen LogP contribution in [0.4, 0.5) is 5.69 Å². The first-order chi connectivity index (χ1) is 11.7. The average Bonchev–Trinajstić information content (AvgIpc) is 2.78. The van der Waals surface area contributed by atoms with Crippen LogP contribution in [0, 0.1) is 0 Å². The van der Waals surface area contributed by atoms with Crippen molar-refractivity contribution in [3.05, 3.63) is 88.9 Å². The Hall–Kier alpha value is -2.78. The lowest BCUT2D eigenvalue weighted by molar-refractivity contribution is 0.0985. The summed E-state index contributed by atoms with van der Waals surface area (Å²) in [6.45, 7) is 0.428. The molecule has 3 aromatic rings. The van der Waals surface area contributed by atoms with E-state index in [1.165, 1.54) is 0 Å². The van der Waals surface area contributed by atoms with Gasteiger partial charge in [-0.25, -0.2) is 0 Å². The highest BCUT2D eigenvalue weighted by Gasteiger charge is 2.26. The van der Waals surface area contributed by atoms with Gasteiger partial charge in [-0.05, 0) is 36.4 Å². The molecule has 0 N–H and O–H groups in total. The monoisotopic (exact) mass is 335 g/mol. The zero-order valence-corrected chi connectivity index (χ0v) is 13.5. The van der Waals surface area contributed by atoms with E-state index in [0.717, 1.165) is 11.3 Å². The molecule has 0 bridgehead atoms. The van der Waals surface area contributed by atoms with Gasteiger partial charge >= 0.3 is 0 Å². The van der Waals surface area contributed by atoms with Crippen LogP contribution in [0.15, 0.2) is 72.8 Å². The maximum atomic E-state index is 13.1. The Labute approximate surface area is 145 Å². The molecule has 1 aliphatic rings. The molecule has 0 radical (unpaired) electrons. The fourth-order valence-electron chi connectivity index (χ4n) is 2.81. The lowest BCUT2D eigenvalue weighted by Crippen LogP contribution is -2.29. The van der Waals surface area contributed by atoms with Gasteiger partial charge in [0.1, 0.15) is 5.75 Å². The maximum absolute atomic E-state index is 13.1. The Morgan fingerprint density at radius 3 is 2.50 bits per heavy atom. The summed E-state index contributed by atoms with van der Waals surface area (Å²) in [5.41, 5.74) is 2.25. The Balaban J connectivity index is 1.86. The predicted molar refractivity (Wildman–Crippen MR) is 94.9 cm³/mol. The van der Waals surface area contributed by atoms with E-state index in [4.69, 9.17) is 16.3 Å². The molecule has 3 nitrogen and oxygen atoms in total. The van der Waals surface area contributed by atoms with Gasteiger partial charge in [0.15, 0.2) is 5.75 Å². The molecule has 4 heteroatoms. The highest BCUT2D eigenvalue weighted by atomic mass is 35.5. The standard InChI is InChI=1S/C20H14ClNO2/c21-16-10-11-19-17(12-16)22(20(23)14-6-2-1-3-7-14)13-15-8-4-5-9-18(15)24-19/h1-12H,13H2. The molecule has 24 heavy (non-hydrogen) atoms. The van der Waals surface area contributed by atoms with E-state index < -0.39 is 0 Å². The van der Waals surface area contributed by atoms with E-state index in [0.29, 0.717) is 28.6 Å². The maximum Gasteiger partial charge on any atom is 0.258 e. The minimum Gasteiger partial charge on any atom is -0.455 e. The lowest BCUT2D eigenvalue weighted by Gasteiger charge is -2.22. The van der Waals surface area contributed by atoms with E-state index >= 15 is 0 Å². The summed E-state index contributed by atoms with van der Waals surface area (Å²) in [5, 5.41) is 0.564. The third-order valence-corrected chi connectivity index (χ3v) is 4.23. The van der Waals surface area contributed by atoms with Gasteiger partial charge in [0.05, 0.1) is 12.2 Å². The van der Waals surface area contributed by atoms with E-state index in [-0.39, 0.29) is 5.91 Å². The van der Waals surface area contributed by atoms with Crippen LogP contribution in [-0.2, 0) is 6.54 Å². The van der Waals surface area contributed by atoms with Gasteiger partial charge in [-0.2, -0.15) is 0 Å². The molecule has 0 saturated heterocycles. The number of fused-ring (bicyclic) bond motifs is 2. The van der Waals surface area contributed by atoms with E-state index in [9.17, 15) is 4.79 Å². The van der Waals surface area contributed by atoms with E-state index in [1.807, 2.05) is 54.6 Å². The molecule has 0 fully saturated rings. The van der Waals surface area contributed by atoms with Crippen molar-refractivity contribution in [3.63, 3.8) is 0 Å². The van der Waals surface area contributed by atoms with Crippen molar-refractivity contribution < 1.29 is 9.53 Å². The molecule has 1 amide bonds. The van der Waals surface area contributed by atoms with Crippen LogP contribution in [0.25, 0.3) is 0 Å². The third kappa shape index (κ3) is 2.63. The molecule has 0 aromatic heterocycles. The van der Waals surface area contributed by atoms with Gasteiger partial charge in [0.25, 0.3) is 5.91 Å². The van der Waals surface area contributed by atoms with Crippen molar-refractivity contribution in [2.45, 2.75) is 6.54 Å². The van der Waals surface area contributed by atoms with Gasteiger partial charge < -0.3 is 9.64 Å². The third-order valence-electron chi connectivity index (χ3n) is 4.00. The largest absolute Gasteiger partial charge is 0.455 e. The minimum absolute atomic E-state index is 0.0839. The van der Waals surface area contributed by atoms with E-state index in [1.54, 1.807) is 23.1 Å². The number of anilines is 1. The summed E-state index contributed by atoms with van der Waals surface area (Å²) < 4.78 is 6.02. The Kier molecular flexibility index (Phi) is 3.71. The second-order valence-electron chi connectivity index (χ2n) is 5.58. The quantitative estimate of drug-likeness (QED) is 0.604. The number of hydrogen-bond donors (Lipinski definition) is 0. The predicted octanol–water partition coefficient (Wildman–Crippen LogP) is 5.29. The number of amides is 1. The zero-order chi connectivity index (χ0) is 16.5. The number of ether oxygens (including phenoxy) is 1. The zero-order valence-electron chi connectivity index (χ0n) is 12.8. The first kappa shape index (κ1) is 14.8. The summed E-state index contributed by atoms with van der Waals surface area (Å²) in [6, 6.07) is 22.3. The Morgan fingerprint density at radius 1 is 0.917 bits per heavy atom. The first-order valence-corrected chi connectivity index (χ1v) is 8.02. The smallest absolute Gasteiger partial charge is 0.258 e. The molecule has 0 saturated carbocycles. The lowest BCUT2D eigenvalue weighted by atomic mass is 10.1. The van der Waals surface area contributed by atoms with Crippen LogP contribution in [0.2, 0.25) is 5.02 Å². The first-order valence-electron chi connectivity index (χ1n) is 7.64. The molecular weight excluding hydrogens is 322 g/mol. The van der Waals surface area contributed by atoms with Crippen LogP contribution in [-0.4, -0.2) is 5.91 Å². The minimum atomic E-state index is -0.0839. The van der Waals surface area contributed by atoms with Crippen LogP contribution < -0.4 is 9.64 Å². The van der Waals surface area contributed by atoms with Crippen molar-refractivity contribution in [3.8, 4) is 11.5 Å². The number of para-hydroxylation sites is 1. The number of carbonyl (C=O) groups is 1. The van der Waals surface area contributed by atoms with Crippen LogP contribution in [0.3, 0.4) is 0 Å². The summed E-state index contributed by atoms with van der Waals surface area (Å²) in [7, 11) is 0. The molecule has 4 rings (SSSR count). The summed E-state index contributed by atoms with van der Waals surface area (Å²) >= 11 is 6.16. The highest BCUT2D eigenvalue weighted by molar-refractivity contribution is 6.31. The van der Waals surface area contributed by atoms with Crippen LogP contribution in [0.5, 0.6) is 11.5 Å². The molecular formula is C20H14ClNO2. The number of hydrogen-bond acceptors (Lipinski definition) is 2. The van der Waals surface area contributed by atoms with Crippen molar-refractivity contribution in [1.29, 1.82) is 0 Å². The number of carbonyl (C=O) groups excluding carboxylic acids is 1. The number of nitrogens with zero attached hydrogens (tertiary/aromatic N) is 1. The van der Waals surface area contributed by atoms with Gasteiger partial charge in [-0.15, -0.1) is 0 Å². The molecule has 0 unspecified atom stereocenters. The summed E-state index contributed by atoms with van der Waals surface area (Å²) in [4.78, 5) is 14.8. The van der Waals surface area contributed by atoms with Crippen LogP contribution in [0.1, 0.15) is 15.9 Å². The molecule has 118 valence electrons. The number of benzene rings is 3. The molecule has 1 heterocycles. The normalized spacial score (nSPS) is 12.6. The summed E-state index contributed by atoms with van der Waals surface area (Å²) in [5.74, 6) is 1.29. The van der Waals surface area contributed by atoms with Crippen molar-refractivity contribution in [2.75, 3.05) is 4.90 Å². The van der Waals surface area contributed by atoms with E-state index in [2.05, 4.69) is 0 Å². The fourth-order valence-corrected chi connectivity index (χ4v) is 2.98. The molecule has 3 aromatic carbocycles. The number of halogens is 1. The SMILES string of the molecule is O=C(c1ccccc1)N1Cc2ccccc2Oc2ccc(Cl)cc21. The molecule has 0 atom stereocenters. The molecule has 0 aliphatic carbocycles. The highest BCUT2D eigenvalue weighted by Crippen LogP contribution is 2.40. The van der Waals surface area contributed by atoms with Crippen LogP contribution >= 0.6 is 11.6 Å². The van der Waals surface area contributed by atoms with Crippen molar-refractivity contribution >= 4 is 23.2 Å². The second kappa shape index (κ2) is 6.02. The Bertz CT molecular complexity index is 909. The average molecular weight is 336 g/mol. The van der Waals surface area contributed by atoms with Gasteiger partial charge in [0.2, 0.25) is 0 Å². The second-order valence-corrected chi connectivity index (χ2v) is 6.02. The number of rotatable bonds is 1.